The van der Waals surface area contributed by atoms with E-state index in [1.54, 1.807) is 20.8 Å². The molecule has 6 heteroatoms. The van der Waals surface area contributed by atoms with Crippen LogP contribution in [0, 0.1) is 5.92 Å². The van der Waals surface area contributed by atoms with Gasteiger partial charge in [0.25, 0.3) is 0 Å². The average Bonchev–Trinajstić information content (AvgIpc) is 2.25. The number of piperidine rings is 1. The van der Waals surface area contributed by atoms with Crippen LogP contribution in [0.4, 0.5) is 4.79 Å². The fraction of sp³-hybridized carbons (Fsp3) is 0.833. The van der Waals surface area contributed by atoms with E-state index in [2.05, 4.69) is 0 Å². The molecule has 2 atom stereocenters. The number of rotatable bonds is 2. The molecule has 18 heavy (non-hydrogen) atoms. The lowest BCUT2D eigenvalue weighted by atomic mass is 9.92. The topological polar surface area (TPSA) is 87.1 Å². The van der Waals surface area contributed by atoms with Crippen LogP contribution in [0.1, 0.15) is 33.6 Å². The number of hydrogen-bond donors (Lipinski definition) is 2. The molecule has 0 aromatic heterocycles. The third kappa shape index (κ3) is 3.87. The van der Waals surface area contributed by atoms with Crippen molar-refractivity contribution in [1.29, 1.82) is 0 Å². The predicted octanol–water partition coefficient (Wildman–Crippen LogP) is 1.08. The molecule has 0 spiro atoms. The zero-order valence-electron chi connectivity index (χ0n) is 11.0. The number of carboxylic acid groups (broad SMARTS) is 1. The number of ether oxygens (including phenoxy) is 1. The van der Waals surface area contributed by atoms with Crippen molar-refractivity contribution < 1.29 is 24.5 Å². The van der Waals surface area contributed by atoms with Crippen molar-refractivity contribution in [2.24, 2.45) is 5.92 Å². The highest BCUT2D eigenvalue weighted by atomic mass is 16.6. The fourth-order valence-corrected chi connectivity index (χ4v) is 1.98. The van der Waals surface area contributed by atoms with Gasteiger partial charge < -0.3 is 14.9 Å². The first-order chi connectivity index (χ1) is 8.24. The maximum Gasteiger partial charge on any atom is 0.411 e. The molecule has 6 nitrogen and oxygen atoms in total. The summed E-state index contributed by atoms with van der Waals surface area (Å²) in [5, 5.41) is 18.2. The highest BCUT2D eigenvalue weighted by Gasteiger charge is 2.37. The Kier molecular flexibility index (Phi) is 4.56. The van der Waals surface area contributed by atoms with E-state index >= 15 is 0 Å². The molecule has 0 bridgehead atoms. The lowest BCUT2D eigenvalue weighted by molar-refractivity contribution is -0.145. The Morgan fingerprint density at radius 1 is 1.39 bits per heavy atom. The first-order valence-corrected chi connectivity index (χ1v) is 6.08. The van der Waals surface area contributed by atoms with Gasteiger partial charge in [-0.1, -0.05) is 0 Å². The van der Waals surface area contributed by atoms with Gasteiger partial charge >= 0.3 is 12.1 Å². The molecule has 0 radical (unpaired) electrons. The van der Waals surface area contributed by atoms with Crippen LogP contribution in [0.3, 0.4) is 0 Å². The molecule has 1 saturated heterocycles. The number of aliphatic hydroxyl groups is 1. The fourth-order valence-electron chi connectivity index (χ4n) is 1.98. The van der Waals surface area contributed by atoms with Gasteiger partial charge in [-0.15, -0.1) is 0 Å². The van der Waals surface area contributed by atoms with Crippen LogP contribution in [-0.2, 0) is 9.53 Å². The summed E-state index contributed by atoms with van der Waals surface area (Å²) in [5.74, 6) is -1.12. The van der Waals surface area contributed by atoms with E-state index < -0.39 is 23.7 Å². The number of nitrogens with zero attached hydrogens (tertiary/aromatic N) is 1. The molecular weight excluding hydrogens is 238 g/mol. The van der Waals surface area contributed by atoms with E-state index in [0.717, 1.165) is 0 Å². The van der Waals surface area contributed by atoms with E-state index in [1.165, 1.54) is 4.90 Å². The molecule has 104 valence electrons. The lowest BCUT2D eigenvalue weighted by Gasteiger charge is -2.37. The Bertz CT molecular complexity index is 323. The first kappa shape index (κ1) is 14.8. The summed E-state index contributed by atoms with van der Waals surface area (Å²) in [6, 6.07) is -0.911. The van der Waals surface area contributed by atoms with Gasteiger partial charge in [-0.25, -0.2) is 9.59 Å². The van der Waals surface area contributed by atoms with E-state index in [4.69, 9.17) is 14.9 Å². The monoisotopic (exact) mass is 259 g/mol. The van der Waals surface area contributed by atoms with Crippen molar-refractivity contribution in [3.05, 3.63) is 0 Å². The number of carbonyl (C=O) groups is 2. The second-order valence-electron chi connectivity index (χ2n) is 5.60. The van der Waals surface area contributed by atoms with Gasteiger partial charge in [0, 0.05) is 13.2 Å². The highest BCUT2D eigenvalue weighted by molar-refractivity contribution is 5.80. The van der Waals surface area contributed by atoms with Crippen LogP contribution in [0.15, 0.2) is 0 Å². The quantitative estimate of drug-likeness (QED) is 0.774. The summed E-state index contributed by atoms with van der Waals surface area (Å²) in [7, 11) is 0. The minimum absolute atomic E-state index is 0.0497. The largest absolute Gasteiger partial charge is 0.480 e. The van der Waals surface area contributed by atoms with Crippen LogP contribution in [-0.4, -0.2) is 52.0 Å². The second-order valence-corrected chi connectivity index (χ2v) is 5.60. The van der Waals surface area contributed by atoms with E-state index in [-0.39, 0.29) is 18.9 Å². The molecule has 0 aliphatic carbocycles. The van der Waals surface area contributed by atoms with Crippen LogP contribution in [0.25, 0.3) is 0 Å². The van der Waals surface area contributed by atoms with E-state index in [1.807, 2.05) is 0 Å². The number of likely N-dealkylation sites (tertiary alicyclic amines) is 1. The SMILES string of the molecule is CC(C)(C)OC(=O)N1CCC(CO)C[C@H]1C(=O)O. The van der Waals surface area contributed by atoms with Crippen molar-refractivity contribution in [1.82, 2.24) is 4.90 Å². The zero-order valence-corrected chi connectivity index (χ0v) is 11.0. The number of aliphatic carboxylic acids is 1. The van der Waals surface area contributed by atoms with Crippen LogP contribution < -0.4 is 0 Å². The molecule has 0 saturated carbocycles. The van der Waals surface area contributed by atoms with Crippen molar-refractivity contribution in [3.8, 4) is 0 Å². The maximum atomic E-state index is 11.9. The number of amides is 1. The zero-order chi connectivity index (χ0) is 13.9. The van der Waals surface area contributed by atoms with Gasteiger partial charge in [0.1, 0.15) is 11.6 Å². The predicted molar refractivity (Wildman–Crippen MR) is 64.2 cm³/mol. The molecule has 1 aliphatic rings. The number of hydrogen-bond acceptors (Lipinski definition) is 4. The van der Waals surface area contributed by atoms with Crippen molar-refractivity contribution >= 4 is 12.1 Å². The molecule has 1 rings (SSSR count). The van der Waals surface area contributed by atoms with Gasteiger partial charge in [-0.2, -0.15) is 0 Å². The molecule has 1 heterocycles. The molecule has 1 aliphatic heterocycles. The third-order valence-electron chi connectivity index (χ3n) is 2.88. The van der Waals surface area contributed by atoms with E-state index in [9.17, 15) is 9.59 Å². The molecule has 1 amide bonds. The smallest absolute Gasteiger partial charge is 0.411 e. The third-order valence-corrected chi connectivity index (χ3v) is 2.88. The summed E-state index contributed by atoms with van der Waals surface area (Å²) in [5.41, 5.74) is -0.645. The first-order valence-electron chi connectivity index (χ1n) is 6.08. The molecular formula is C12H21NO5. The number of carbonyl (C=O) groups excluding carboxylic acids is 1. The summed E-state index contributed by atoms with van der Waals surface area (Å²) < 4.78 is 5.19. The Labute approximate surface area is 107 Å². The van der Waals surface area contributed by atoms with Crippen LogP contribution in [0.5, 0.6) is 0 Å². The summed E-state index contributed by atoms with van der Waals surface area (Å²) in [6.45, 7) is 5.46. The summed E-state index contributed by atoms with van der Waals surface area (Å²) >= 11 is 0. The Hall–Kier alpha value is -1.30. The highest BCUT2D eigenvalue weighted by Crippen LogP contribution is 2.24. The van der Waals surface area contributed by atoms with Crippen molar-refractivity contribution in [2.45, 2.75) is 45.3 Å². The van der Waals surface area contributed by atoms with Gasteiger partial charge in [-0.3, -0.25) is 4.90 Å². The molecule has 1 unspecified atom stereocenters. The van der Waals surface area contributed by atoms with Gasteiger partial charge in [0.15, 0.2) is 0 Å². The standard InChI is InChI=1S/C12H21NO5/c1-12(2,3)18-11(17)13-5-4-8(7-14)6-9(13)10(15)16/h8-9,14H,4-7H2,1-3H3,(H,15,16)/t8?,9-/m0/s1. The van der Waals surface area contributed by atoms with Crippen molar-refractivity contribution in [3.63, 3.8) is 0 Å². The van der Waals surface area contributed by atoms with Gasteiger partial charge in [0.05, 0.1) is 0 Å². The van der Waals surface area contributed by atoms with Gasteiger partial charge in [0.2, 0.25) is 0 Å². The Balaban J connectivity index is 2.74. The van der Waals surface area contributed by atoms with Gasteiger partial charge in [-0.05, 0) is 39.5 Å². The summed E-state index contributed by atoms with van der Waals surface area (Å²) in [4.78, 5) is 24.3. The number of aliphatic hydroxyl groups excluding tert-OH is 1. The van der Waals surface area contributed by atoms with Crippen molar-refractivity contribution in [2.75, 3.05) is 13.2 Å². The molecule has 1 fully saturated rings. The summed E-state index contributed by atoms with van der Waals surface area (Å²) in [6.07, 6.45) is 0.260. The van der Waals surface area contributed by atoms with Crippen LogP contribution in [0.2, 0.25) is 0 Å². The van der Waals surface area contributed by atoms with Crippen LogP contribution >= 0.6 is 0 Å². The molecule has 0 aromatic carbocycles. The lowest BCUT2D eigenvalue weighted by Crippen LogP contribution is -2.52. The average molecular weight is 259 g/mol. The minimum atomic E-state index is -1.06. The number of carboxylic acids is 1. The normalized spacial score (nSPS) is 24.8. The maximum absolute atomic E-state index is 11.9. The molecule has 2 N–H and O–H groups in total. The minimum Gasteiger partial charge on any atom is -0.480 e. The Morgan fingerprint density at radius 3 is 2.44 bits per heavy atom. The Morgan fingerprint density at radius 2 is 2.00 bits per heavy atom. The van der Waals surface area contributed by atoms with E-state index in [0.29, 0.717) is 13.0 Å². The second kappa shape index (κ2) is 5.56. The molecule has 0 aromatic rings.